The lowest BCUT2D eigenvalue weighted by molar-refractivity contribution is -0.124. The van der Waals surface area contributed by atoms with E-state index in [9.17, 15) is 14.4 Å². The van der Waals surface area contributed by atoms with Crippen LogP contribution >= 0.6 is 0 Å². The second-order valence-electron chi connectivity index (χ2n) is 6.98. The lowest BCUT2D eigenvalue weighted by Crippen LogP contribution is -2.55. The van der Waals surface area contributed by atoms with Gasteiger partial charge in [0.05, 0.1) is 0 Å². The molecule has 0 aromatic heterocycles. The summed E-state index contributed by atoms with van der Waals surface area (Å²) >= 11 is 0. The second-order valence-corrected chi connectivity index (χ2v) is 6.98. The minimum Gasteiger partial charge on any atom is -0.352 e. The predicted octanol–water partition coefficient (Wildman–Crippen LogP) is 0.917. The van der Waals surface area contributed by atoms with Crippen molar-refractivity contribution in [1.29, 1.82) is 0 Å². The van der Waals surface area contributed by atoms with Crippen molar-refractivity contribution in [3.63, 3.8) is 0 Å². The number of benzene rings is 1. The Morgan fingerprint density at radius 3 is 2.24 bits per heavy atom. The molecule has 0 spiro atoms. The van der Waals surface area contributed by atoms with Gasteiger partial charge >= 0.3 is 6.03 Å². The maximum absolute atomic E-state index is 12.5. The number of hydrogen-bond donors (Lipinski definition) is 3. The van der Waals surface area contributed by atoms with Crippen molar-refractivity contribution in [2.24, 2.45) is 5.73 Å². The van der Waals surface area contributed by atoms with E-state index in [0.717, 1.165) is 5.56 Å². The van der Waals surface area contributed by atoms with Crippen LogP contribution in [0.3, 0.4) is 0 Å². The van der Waals surface area contributed by atoms with E-state index in [2.05, 4.69) is 10.6 Å². The van der Waals surface area contributed by atoms with Crippen LogP contribution in [0, 0.1) is 6.92 Å². The number of hydrogen-bond acceptors (Lipinski definition) is 3. The summed E-state index contributed by atoms with van der Waals surface area (Å²) < 4.78 is 0. The monoisotopic (exact) mass is 344 g/mol. The summed E-state index contributed by atoms with van der Waals surface area (Å²) in [7, 11) is 0. The lowest BCUT2D eigenvalue weighted by Gasteiger charge is -2.33. The van der Waals surface area contributed by atoms with E-state index < -0.39 is 11.6 Å². The Labute approximate surface area is 146 Å². The first-order valence-electron chi connectivity index (χ1n) is 8.64. The van der Waals surface area contributed by atoms with Crippen LogP contribution in [0.25, 0.3) is 0 Å². The van der Waals surface area contributed by atoms with Crippen molar-refractivity contribution in [3.8, 4) is 0 Å². The van der Waals surface area contributed by atoms with Gasteiger partial charge in [-0.3, -0.25) is 9.59 Å². The van der Waals surface area contributed by atoms with E-state index in [4.69, 9.17) is 5.73 Å². The number of nitrogens with one attached hydrogen (secondary N) is 2. The van der Waals surface area contributed by atoms with E-state index >= 15 is 0 Å². The quantitative estimate of drug-likeness (QED) is 0.756. The van der Waals surface area contributed by atoms with Crippen molar-refractivity contribution in [1.82, 2.24) is 15.5 Å². The largest absolute Gasteiger partial charge is 0.352 e. The molecule has 7 heteroatoms. The fraction of sp³-hybridized carbons (Fsp3) is 0.500. The molecule has 0 unspecified atom stereocenters. The molecule has 0 atom stereocenters. The van der Waals surface area contributed by atoms with E-state index in [-0.39, 0.29) is 17.9 Å². The van der Waals surface area contributed by atoms with Gasteiger partial charge in [0.25, 0.3) is 5.91 Å². The van der Waals surface area contributed by atoms with Gasteiger partial charge in [0, 0.05) is 24.7 Å². The van der Waals surface area contributed by atoms with Crippen LogP contribution in [0.2, 0.25) is 0 Å². The fourth-order valence-electron chi connectivity index (χ4n) is 3.20. The lowest BCUT2D eigenvalue weighted by atomic mass is 10.0. The number of nitrogens with two attached hydrogens (primary N) is 1. The van der Waals surface area contributed by atoms with E-state index in [1.807, 2.05) is 36.1 Å². The zero-order valence-corrected chi connectivity index (χ0v) is 14.4. The van der Waals surface area contributed by atoms with Gasteiger partial charge in [-0.1, -0.05) is 17.7 Å². The van der Waals surface area contributed by atoms with Gasteiger partial charge in [-0.25, -0.2) is 4.79 Å². The highest BCUT2D eigenvalue weighted by Crippen LogP contribution is 2.35. The molecule has 1 aliphatic carbocycles. The smallest absolute Gasteiger partial charge is 0.313 e. The summed E-state index contributed by atoms with van der Waals surface area (Å²) in [6.45, 7) is 3.20. The number of rotatable bonds is 4. The van der Waals surface area contributed by atoms with Crippen LogP contribution in [0.4, 0.5) is 4.79 Å². The molecule has 1 aromatic carbocycles. The maximum Gasteiger partial charge on any atom is 0.313 e. The van der Waals surface area contributed by atoms with E-state index in [0.29, 0.717) is 44.3 Å². The number of amides is 4. The molecule has 2 fully saturated rings. The Morgan fingerprint density at radius 1 is 1.12 bits per heavy atom. The van der Waals surface area contributed by atoms with Crippen molar-refractivity contribution in [2.75, 3.05) is 13.1 Å². The van der Waals surface area contributed by atoms with Crippen molar-refractivity contribution < 1.29 is 14.4 Å². The molecule has 2 aliphatic rings. The average molecular weight is 344 g/mol. The van der Waals surface area contributed by atoms with Gasteiger partial charge < -0.3 is 21.3 Å². The van der Waals surface area contributed by atoms with Crippen LogP contribution in [-0.2, 0) is 4.79 Å². The molecule has 4 N–H and O–H groups in total. The Kier molecular flexibility index (Phi) is 4.65. The third-order valence-corrected chi connectivity index (χ3v) is 4.96. The molecule has 25 heavy (non-hydrogen) atoms. The first-order chi connectivity index (χ1) is 11.9. The Balaban J connectivity index is 1.50. The standard InChI is InChI=1S/C18H24N4O3/c1-12-2-4-13(5-3-12)15(23)22-10-6-14(7-11-22)20-16(24)18(8-9-18)21-17(19)25/h2-5,14H,6-11H2,1H3,(H,20,24)(H3,19,21,25). The van der Waals surface area contributed by atoms with Gasteiger partial charge in [-0.05, 0) is 44.7 Å². The van der Waals surface area contributed by atoms with Crippen LogP contribution < -0.4 is 16.4 Å². The van der Waals surface area contributed by atoms with E-state index in [1.54, 1.807) is 0 Å². The van der Waals surface area contributed by atoms with Crippen LogP contribution in [0.1, 0.15) is 41.6 Å². The van der Waals surface area contributed by atoms with Gasteiger partial charge in [-0.2, -0.15) is 0 Å². The Morgan fingerprint density at radius 2 is 1.72 bits per heavy atom. The fourth-order valence-corrected chi connectivity index (χ4v) is 3.20. The summed E-state index contributed by atoms with van der Waals surface area (Å²) in [5.74, 6) is -0.145. The molecule has 4 amide bonds. The number of carbonyl (C=O) groups is 3. The van der Waals surface area contributed by atoms with Gasteiger partial charge in [0.1, 0.15) is 5.54 Å². The highest BCUT2D eigenvalue weighted by molar-refractivity contribution is 5.95. The van der Waals surface area contributed by atoms with Crippen LogP contribution in [0.15, 0.2) is 24.3 Å². The van der Waals surface area contributed by atoms with Gasteiger partial charge in [-0.15, -0.1) is 0 Å². The second kappa shape index (κ2) is 6.74. The number of urea groups is 1. The van der Waals surface area contributed by atoms with Gasteiger partial charge in [0.2, 0.25) is 5.91 Å². The number of aryl methyl sites for hydroxylation is 1. The Hall–Kier alpha value is -2.57. The molecule has 1 aliphatic heterocycles. The number of nitrogens with zero attached hydrogens (tertiary/aromatic N) is 1. The first-order valence-corrected chi connectivity index (χ1v) is 8.64. The first kappa shape index (κ1) is 17.3. The van der Waals surface area contributed by atoms with Crippen molar-refractivity contribution in [3.05, 3.63) is 35.4 Å². The highest BCUT2D eigenvalue weighted by atomic mass is 16.2. The average Bonchev–Trinajstić information content (AvgIpc) is 3.36. The third kappa shape index (κ3) is 3.92. The minimum atomic E-state index is -0.819. The molecule has 1 aromatic rings. The molecular weight excluding hydrogens is 320 g/mol. The third-order valence-electron chi connectivity index (χ3n) is 4.96. The molecule has 0 radical (unpaired) electrons. The molecular formula is C18H24N4O3. The molecule has 3 rings (SSSR count). The van der Waals surface area contributed by atoms with Crippen molar-refractivity contribution >= 4 is 17.8 Å². The molecule has 134 valence electrons. The summed E-state index contributed by atoms with van der Waals surface area (Å²) in [6.07, 6.45) is 2.64. The Bertz CT molecular complexity index is 674. The van der Waals surface area contributed by atoms with Crippen LogP contribution in [0.5, 0.6) is 0 Å². The number of primary amides is 1. The predicted molar refractivity (Wildman–Crippen MR) is 92.9 cm³/mol. The molecule has 7 nitrogen and oxygen atoms in total. The zero-order valence-electron chi connectivity index (χ0n) is 14.4. The molecule has 1 saturated carbocycles. The van der Waals surface area contributed by atoms with E-state index in [1.165, 1.54) is 0 Å². The maximum atomic E-state index is 12.5. The topological polar surface area (TPSA) is 105 Å². The highest BCUT2D eigenvalue weighted by Gasteiger charge is 2.51. The summed E-state index contributed by atoms with van der Waals surface area (Å²) in [6, 6.07) is 6.89. The summed E-state index contributed by atoms with van der Waals surface area (Å²) in [5, 5.41) is 5.52. The van der Waals surface area contributed by atoms with Crippen molar-refractivity contribution in [2.45, 2.75) is 44.2 Å². The number of piperidine rings is 1. The minimum absolute atomic E-state index is 0.0155. The normalized spacial score (nSPS) is 19.2. The zero-order chi connectivity index (χ0) is 18.0. The number of likely N-dealkylation sites (tertiary alicyclic amines) is 1. The van der Waals surface area contributed by atoms with Gasteiger partial charge in [0.15, 0.2) is 0 Å². The molecule has 1 heterocycles. The SMILES string of the molecule is Cc1ccc(C(=O)N2CCC(NC(=O)C3(NC(N)=O)CC3)CC2)cc1. The molecule has 1 saturated heterocycles. The molecule has 0 bridgehead atoms. The van der Waals surface area contributed by atoms with Crippen LogP contribution in [-0.4, -0.2) is 47.4 Å². The summed E-state index contributed by atoms with van der Waals surface area (Å²) in [5.41, 5.74) is 6.12. The number of carbonyl (C=O) groups excluding carboxylic acids is 3. The summed E-state index contributed by atoms with van der Waals surface area (Å²) in [4.78, 5) is 37.7.